The number of aromatic hydroxyl groups is 1. The first kappa shape index (κ1) is 23.9. The van der Waals surface area contributed by atoms with Crippen LogP contribution in [0, 0.1) is 5.92 Å². The van der Waals surface area contributed by atoms with Gasteiger partial charge in [-0.15, -0.1) is 0 Å². The van der Waals surface area contributed by atoms with Crippen LogP contribution in [0.5, 0.6) is 5.75 Å². The normalized spacial score (nSPS) is 16.4. The summed E-state index contributed by atoms with van der Waals surface area (Å²) in [5.74, 6) is 1.90. The maximum absolute atomic E-state index is 11.6. The first-order chi connectivity index (χ1) is 16.0. The number of pyridine rings is 1. The van der Waals surface area contributed by atoms with Crippen molar-refractivity contribution in [3.8, 4) is 5.75 Å². The number of thiol groups is 1. The van der Waals surface area contributed by atoms with Crippen LogP contribution < -0.4 is 16.4 Å². The largest absolute Gasteiger partial charge is 0.508 e. The van der Waals surface area contributed by atoms with E-state index in [9.17, 15) is 9.90 Å². The number of aromatic nitrogens is 1. The van der Waals surface area contributed by atoms with E-state index in [0.29, 0.717) is 35.5 Å². The molecule has 2 atom stereocenters. The van der Waals surface area contributed by atoms with E-state index in [1.54, 1.807) is 42.7 Å². The fourth-order valence-electron chi connectivity index (χ4n) is 3.34. The molecular weight excluding hydrogens is 432 g/mol. The lowest BCUT2D eigenvalue weighted by molar-refractivity contribution is 0.251. The van der Waals surface area contributed by atoms with Crippen LogP contribution in [0.3, 0.4) is 0 Å². The van der Waals surface area contributed by atoms with Crippen molar-refractivity contribution in [1.82, 2.24) is 10.3 Å². The maximum Gasteiger partial charge on any atom is 0.319 e. The minimum absolute atomic E-state index is 0.261. The van der Waals surface area contributed by atoms with Gasteiger partial charge in [0.25, 0.3) is 0 Å². The number of phenolic OH excluding ortho intramolecular Hbond substituents is 1. The molecule has 0 spiro atoms. The van der Waals surface area contributed by atoms with Gasteiger partial charge in [0.2, 0.25) is 0 Å². The number of anilines is 2. The topological polar surface area (TPSA) is 100 Å². The SMILES string of the molecule is Nc1ccc(NC(=O)NCc2cccnc2)cc1.Oc1cccc(C2C=CC=CC2CS)c1. The molecule has 4 rings (SSSR count). The van der Waals surface area contributed by atoms with E-state index < -0.39 is 0 Å². The molecule has 1 heterocycles. The Morgan fingerprint density at radius 1 is 1.06 bits per heavy atom. The van der Waals surface area contributed by atoms with E-state index >= 15 is 0 Å². The number of allylic oxidation sites excluding steroid dienone is 4. The molecule has 0 bridgehead atoms. The van der Waals surface area contributed by atoms with Gasteiger partial charge in [0.15, 0.2) is 0 Å². The van der Waals surface area contributed by atoms with Gasteiger partial charge in [-0.05, 0) is 65.3 Å². The molecule has 0 fully saturated rings. The van der Waals surface area contributed by atoms with Crippen LogP contribution in [0.15, 0.2) is 97.4 Å². The molecular formula is C26H28N4O2S. The molecule has 0 saturated carbocycles. The number of hydrogen-bond donors (Lipinski definition) is 5. The summed E-state index contributed by atoms with van der Waals surface area (Å²) in [6.07, 6.45) is 11.8. The monoisotopic (exact) mass is 460 g/mol. The lowest BCUT2D eigenvalue weighted by Crippen LogP contribution is -2.28. The fraction of sp³-hybridized carbons (Fsp3) is 0.154. The van der Waals surface area contributed by atoms with Gasteiger partial charge < -0.3 is 21.5 Å². The second-order valence-corrected chi connectivity index (χ2v) is 7.89. The van der Waals surface area contributed by atoms with Gasteiger partial charge >= 0.3 is 6.03 Å². The molecule has 6 nitrogen and oxygen atoms in total. The number of nitrogen functional groups attached to an aromatic ring is 1. The van der Waals surface area contributed by atoms with E-state index in [2.05, 4.69) is 52.6 Å². The van der Waals surface area contributed by atoms with Gasteiger partial charge in [0.05, 0.1) is 0 Å². The summed E-state index contributed by atoms with van der Waals surface area (Å²) in [5.41, 5.74) is 9.02. The molecule has 2 unspecified atom stereocenters. The molecule has 0 aliphatic heterocycles. The van der Waals surface area contributed by atoms with Gasteiger partial charge in [-0.25, -0.2) is 4.79 Å². The quantitative estimate of drug-likeness (QED) is 0.269. The summed E-state index contributed by atoms with van der Waals surface area (Å²) in [5, 5.41) is 14.9. The highest BCUT2D eigenvalue weighted by molar-refractivity contribution is 7.80. The van der Waals surface area contributed by atoms with Crippen molar-refractivity contribution >= 4 is 30.0 Å². The van der Waals surface area contributed by atoms with Crippen molar-refractivity contribution in [2.24, 2.45) is 5.92 Å². The highest BCUT2D eigenvalue weighted by Gasteiger charge is 2.19. The average Bonchev–Trinajstić information content (AvgIpc) is 2.85. The Morgan fingerprint density at radius 3 is 2.55 bits per heavy atom. The summed E-state index contributed by atoms with van der Waals surface area (Å²) >= 11 is 4.35. The number of carbonyl (C=O) groups is 1. The first-order valence-electron chi connectivity index (χ1n) is 10.6. The molecule has 170 valence electrons. The van der Waals surface area contributed by atoms with Crippen LogP contribution in [0.4, 0.5) is 16.2 Å². The Kier molecular flexibility index (Phi) is 8.97. The van der Waals surface area contributed by atoms with Gasteiger partial charge in [0.1, 0.15) is 5.75 Å². The number of nitrogens with one attached hydrogen (secondary N) is 2. The third-order valence-corrected chi connectivity index (χ3v) is 5.48. The van der Waals surface area contributed by atoms with Crippen LogP contribution in [0.25, 0.3) is 0 Å². The Hall–Kier alpha value is -3.71. The van der Waals surface area contributed by atoms with E-state index in [-0.39, 0.29) is 6.03 Å². The van der Waals surface area contributed by atoms with Gasteiger partial charge in [-0.1, -0.05) is 42.5 Å². The minimum Gasteiger partial charge on any atom is -0.508 e. The molecule has 2 amide bonds. The summed E-state index contributed by atoms with van der Waals surface area (Å²) in [4.78, 5) is 15.6. The van der Waals surface area contributed by atoms with Crippen LogP contribution in [0.1, 0.15) is 17.0 Å². The molecule has 7 heteroatoms. The number of nitrogens with zero attached hydrogens (tertiary/aromatic N) is 1. The van der Waals surface area contributed by atoms with Crippen LogP contribution >= 0.6 is 12.6 Å². The van der Waals surface area contributed by atoms with Crippen molar-refractivity contribution in [3.63, 3.8) is 0 Å². The molecule has 1 aliphatic carbocycles. The number of rotatable bonds is 5. The number of carbonyl (C=O) groups excluding carboxylic acids is 1. The molecule has 1 aliphatic rings. The van der Waals surface area contributed by atoms with Crippen molar-refractivity contribution in [2.75, 3.05) is 16.8 Å². The molecule has 1 aromatic heterocycles. The molecule has 3 aromatic rings. The summed E-state index contributed by atoms with van der Waals surface area (Å²) < 4.78 is 0. The second-order valence-electron chi connectivity index (χ2n) is 7.53. The zero-order valence-corrected chi connectivity index (χ0v) is 19.0. The van der Waals surface area contributed by atoms with Gasteiger partial charge in [0, 0.05) is 36.2 Å². The van der Waals surface area contributed by atoms with Crippen molar-refractivity contribution in [3.05, 3.63) is 108 Å². The van der Waals surface area contributed by atoms with Gasteiger partial charge in [-0.2, -0.15) is 12.6 Å². The number of hydrogen-bond acceptors (Lipinski definition) is 5. The van der Waals surface area contributed by atoms with Crippen molar-refractivity contribution in [1.29, 1.82) is 0 Å². The second kappa shape index (κ2) is 12.4. The molecule has 2 aromatic carbocycles. The zero-order valence-electron chi connectivity index (χ0n) is 18.1. The third-order valence-electron chi connectivity index (χ3n) is 5.06. The Bertz CT molecular complexity index is 1080. The Labute approximate surface area is 199 Å². The number of phenols is 1. The maximum atomic E-state index is 11.6. The lowest BCUT2D eigenvalue weighted by Gasteiger charge is -2.23. The molecule has 33 heavy (non-hydrogen) atoms. The number of benzene rings is 2. The van der Waals surface area contributed by atoms with E-state index in [1.165, 1.54) is 0 Å². The summed E-state index contributed by atoms with van der Waals surface area (Å²) in [7, 11) is 0. The summed E-state index contributed by atoms with van der Waals surface area (Å²) in [6, 6.07) is 17.9. The Balaban J connectivity index is 0.000000189. The third kappa shape index (κ3) is 7.73. The lowest BCUT2D eigenvalue weighted by atomic mass is 9.84. The summed E-state index contributed by atoms with van der Waals surface area (Å²) in [6.45, 7) is 0.439. The van der Waals surface area contributed by atoms with E-state index in [0.717, 1.165) is 16.9 Å². The number of urea groups is 1. The predicted molar refractivity (Wildman–Crippen MR) is 137 cm³/mol. The molecule has 0 saturated heterocycles. The van der Waals surface area contributed by atoms with Crippen LogP contribution in [-0.2, 0) is 6.54 Å². The van der Waals surface area contributed by atoms with Crippen LogP contribution in [-0.4, -0.2) is 21.9 Å². The fourth-order valence-corrected chi connectivity index (χ4v) is 3.69. The van der Waals surface area contributed by atoms with Crippen molar-refractivity contribution < 1.29 is 9.90 Å². The molecule has 0 radical (unpaired) electrons. The number of amides is 2. The van der Waals surface area contributed by atoms with Crippen molar-refractivity contribution in [2.45, 2.75) is 12.5 Å². The zero-order chi connectivity index (χ0) is 23.5. The standard InChI is InChI=1S/C13H14N4O.C13H14OS/c14-11-3-5-12(6-4-11)17-13(18)16-9-10-2-1-7-15-8-10;14-12-6-3-5-10(8-12)13-7-2-1-4-11(13)9-15/h1-8H,9,14H2,(H2,16,17,18);1-8,11,13-15H,9H2. The first-order valence-corrected chi connectivity index (χ1v) is 11.2. The smallest absolute Gasteiger partial charge is 0.319 e. The number of nitrogens with two attached hydrogens (primary N) is 1. The average molecular weight is 461 g/mol. The Morgan fingerprint density at radius 2 is 1.85 bits per heavy atom. The van der Waals surface area contributed by atoms with E-state index in [1.807, 2.05) is 30.3 Å². The van der Waals surface area contributed by atoms with Gasteiger partial charge in [-0.3, -0.25) is 4.98 Å². The highest BCUT2D eigenvalue weighted by Crippen LogP contribution is 2.32. The van der Waals surface area contributed by atoms with E-state index in [4.69, 9.17) is 5.73 Å². The predicted octanol–water partition coefficient (Wildman–Crippen LogP) is 5.13. The molecule has 5 N–H and O–H groups in total. The highest BCUT2D eigenvalue weighted by atomic mass is 32.1. The van der Waals surface area contributed by atoms with Crippen LogP contribution in [0.2, 0.25) is 0 Å². The minimum atomic E-state index is -0.261.